The van der Waals surface area contributed by atoms with E-state index in [1.54, 1.807) is 0 Å². The van der Waals surface area contributed by atoms with Crippen molar-refractivity contribution in [2.45, 2.75) is 37.1 Å². The van der Waals surface area contributed by atoms with Crippen LogP contribution in [0, 0.1) is 0 Å². The van der Waals surface area contributed by atoms with Gasteiger partial charge in [-0.1, -0.05) is 0 Å². The zero-order valence-electron chi connectivity index (χ0n) is 9.30. The van der Waals surface area contributed by atoms with Gasteiger partial charge in [-0.3, -0.25) is 9.88 Å². The van der Waals surface area contributed by atoms with Crippen LogP contribution in [0.15, 0.2) is 0 Å². The quantitative estimate of drug-likeness (QED) is 0.310. The Bertz CT molecular complexity index is 294. The summed E-state index contributed by atoms with van der Waals surface area (Å²) in [7, 11) is -2.68. The maximum atomic E-state index is 10.7. The molecule has 1 unspecified atom stereocenters. The van der Waals surface area contributed by atoms with Gasteiger partial charge in [-0.15, -0.1) is 0 Å². The molecule has 0 spiro atoms. The van der Waals surface area contributed by atoms with Crippen molar-refractivity contribution in [3.05, 3.63) is 0 Å². The summed E-state index contributed by atoms with van der Waals surface area (Å²) < 4.78 is 15.9. The number of aliphatic hydroxyl groups is 3. The van der Waals surface area contributed by atoms with Gasteiger partial charge in [0.2, 0.25) is 0 Å². The number of hydrogen-bond acceptors (Lipinski definition) is 6. The molecule has 9 heteroatoms. The lowest BCUT2D eigenvalue weighted by Crippen LogP contribution is -2.61. The molecule has 1 heterocycles. The molecule has 5 atom stereocenters. The minimum atomic E-state index is -4.18. The van der Waals surface area contributed by atoms with Gasteiger partial charge in [0.15, 0.2) is 0 Å². The average molecular weight is 271 g/mol. The third-order valence-corrected chi connectivity index (χ3v) is 3.54. The highest BCUT2D eigenvalue weighted by molar-refractivity contribution is 7.51. The van der Waals surface area contributed by atoms with Crippen LogP contribution < -0.4 is 5.32 Å². The average Bonchev–Trinajstić information content (AvgIpc) is 2.24. The van der Waals surface area contributed by atoms with Crippen molar-refractivity contribution in [1.29, 1.82) is 0 Å². The van der Waals surface area contributed by atoms with Gasteiger partial charge in [-0.2, -0.15) is 0 Å². The van der Waals surface area contributed by atoms with Crippen LogP contribution in [0.25, 0.3) is 0 Å². The summed E-state index contributed by atoms with van der Waals surface area (Å²) in [6.45, 7) is 0. The van der Waals surface area contributed by atoms with Crippen molar-refractivity contribution >= 4 is 7.60 Å². The van der Waals surface area contributed by atoms with Gasteiger partial charge in [-0.25, -0.2) is 0 Å². The van der Waals surface area contributed by atoms with E-state index in [-0.39, 0.29) is 6.42 Å². The maximum Gasteiger partial charge on any atom is 0.325 e. The number of rotatable bonds is 4. The van der Waals surface area contributed by atoms with Crippen LogP contribution in [0.4, 0.5) is 0 Å². The first kappa shape index (κ1) is 15.0. The Kier molecular flexibility index (Phi) is 5.06. The Morgan fingerprint density at radius 2 is 1.76 bits per heavy atom. The van der Waals surface area contributed by atoms with Crippen LogP contribution >= 0.6 is 7.60 Å². The van der Waals surface area contributed by atoms with Crippen LogP contribution in [-0.4, -0.2) is 69.0 Å². The molecule has 0 saturated carbocycles. The van der Waals surface area contributed by atoms with Crippen LogP contribution in [0.1, 0.15) is 6.42 Å². The van der Waals surface area contributed by atoms with Crippen molar-refractivity contribution in [2.75, 3.05) is 13.2 Å². The first-order chi connectivity index (χ1) is 7.76. The molecule has 0 aromatic carbocycles. The lowest BCUT2D eigenvalue weighted by atomic mass is 9.96. The zero-order chi connectivity index (χ0) is 13.2. The molecule has 0 bridgehead atoms. The highest BCUT2D eigenvalue weighted by Gasteiger charge is 2.43. The van der Waals surface area contributed by atoms with Crippen LogP contribution in [0.2, 0.25) is 0 Å². The smallest absolute Gasteiger partial charge is 0.325 e. The second-order valence-corrected chi connectivity index (χ2v) is 5.81. The highest BCUT2D eigenvalue weighted by atomic mass is 31.2. The molecule has 0 aromatic heterocycles. The Balaban J connectivity index is 2.62. The third kappa shape index (κ3) is 3.97. The van der Waals surface area contributed by atoms with E-state index in [0.717, 1.165) is 0 Å². The van der Waals surface area contributed by atoms with E-state index in [0.29, 0.717) is 0 Å². The Morgan fingerprint density at radius 3 is 2.24 bits per heavy atom. The first-order valence-electron chi connectivity index (χ1n) is 5.18. The van der Waals surface area contributed by atoms with Crippen molar-refractivity contribution < 1.29 is 34.4 Å². The molecule has 17 heavy (non-hydrogen) atoms. The molecular weight excluding hydrogens is 253 g/mol. The Morgan fingerprint density at radius 1 is 1.18 bits per heavy atom. The molecule has 1 fully saturated rings. The molecule has 0 aromatic rings. The van der Waals surface area contributed by atoms with E-state index in [2.05, 4.69) is 5.32 Å². The summed E-state index contributed by atoms with van der Waals surface area (Å²) in [6.07, 6.45) is -6.44. The summed E-state index contributed by atoms with van der Waals surface area (Å²) in [5.41, 5.74) is 0. The molecule has 1 saturated heterocycles. The summed E-state index contributed by atoms with van der Waals surface area (Å²) in [5, 5.41) is 31.2. The van der Waals surface area contributed by atoms with E-state index >= 15 is 0 Å². The number of ether oxygens (including phenoxy) is 1. The minimum absolute atomic E-state index is 0.104. The summed E-state index contributed by atoms with van der Waals surface area (Å²) in [5.74, 6) is 0. The van der Waals surface area contributed by atoms with Crippen LogP contribution in [-0.2, 0) is 9.30 Å². The molecule has 8 nitrogen and oxygen atoms in total. The van der Waals surface area contributed by atoms with E-state index < -0.39 is 44.4 Å². The predicted molar refractivity (Wildman–Crippen MR) is 57.3 cm³/mol. The second-order valence-electron chi connectivity index (χ2n) is 4.03. The summed E-state index contributed by atoms with van der Waals surface area (Å²) >= 11 is 0. The van der Waals surface area contributed by atoms with E-state index in [4.69, 9.17) is 14.5 Å². The molecule has 1 aliphatic heterocycles. The van der Waals surface area contributed by atoms with Gasteiger partial charge >= 0.3 is 7.60 Å². The topological polar surface area (TPSA) is 139 Å². The minimum Gasteiger partial charge on any atom is -0.388 e. The molecule has 1 rings (SSSR count). The number of hydrogen-bond donors (Lipinski definition) is 6. The fraction of sp³-hybridized carbons (Fsp3) is 1.00. The van der Waals surface area contributed by atoms with Gasteiger partial charge < -0.3 is 29.8 Å². The summed E-state index contributed by atoms with van der Waals surface area (Å²) in [4.78, 5) is 17.4. The maximum absolute atomic E-state index is 10.7. The number of aliphatic hydroxyl groups excluding tert-OH is 3. The molecule has 6 N–H and O–H groups in total. The van der Waals surface area contributed by atoms with Crippen LogP contribution in [0.5, 0.6) is 0 Å². The third-order valence-electron chi connectivity index (χ3n) is 2.70. The highest BCUT2D eigenvalue weighted by Crippen LogP contribution is 2.36. The van der Waals surface area contributed by atoms with Gasteiger partial charge in [-0.05, 0) is 13.5 Å². The molecular formula is C8H18NO7P. The largest absolute Gasteiger partial charge is 0.388 e. The predicted octanol–water partition coefficient (Wildman–Crippen LogP) is -2.42. The van der Waals surface area contributed by atoms with Crippen molar-refractivity contribution in [3.63, 3.8) is 0 Å². The monoisotopic (exact) mass is 271 g/mol. The van der Waals surface area contributed by atoms with Crippen molar-refractivity contribution in [1.82, 2.24) is 5.32 Å². The van der Waals surface area contributed by atoms with Crippen molar-refractivity contribution in [2.24, 2.45) is 0 Å². The van der Waals surface area contributed by atoms with Gasteiger partial charge in [0.25, 0.3) is 0 Å². The zero-order valence-corrected chi connectivity index (χ0v) is 10.2. The lowest BCUT2D eigenvalue weighted by Gasteiger charge is -2.40. The fourth-order valence-corrected chi connectivity index (χ4v) is 2.31. The molecule has 0 radical (unpaired) electrons. The van der Waals surface area contributed by atoms with E-state index in [1.165, 1.54) is 7.05 Å². The Hall–Kier alpha value is -0.0500. The fourth-order valence-electron chi connectivity index (χ4n) is 1.72. The molecule has 0 aliphatic carbocycles. The van der Waals surface area contributed by atoms with E-state index in [9.17, 15) is 19.9 Å². The van der Waals surface area contributed by atoms with Gasteiger partial charge in [0.05, 0.1) is 12.3 Å². The van der Waals surface area contributed by atoms with Crippen molar-refractivity contribution in [3.8, 4) is 0 Å². The van der Waals surface area contributed by atoms with Gasteiger partial charge in [0.1, 0.15) is 24.5 Å². The normalized spacial score (nSPS) is 39.3. The first-order valence-corrected chi connectivity index (χ1v) is 6.97. The lowest BCUT2D eigenvalue weighted by molar-refractivity contribution is -0.228. The second kappa shape index (κ2) is 5.73. The Labute approximate surface area is 98.4 Å². The SMILES string of the molecule is CNC1O[C@H](CCP(=O)(O)O)[C@@H](O)[C@H](O)[C@@H]1O. The van der Waals surface area contributed by atoms with Crippen LogP contribution in [0.3, 0.4) is 0 Å². The molecule has 0 amide bonds. The van der Waals surface area contributed by atoms with Gasteiger partial charge in [0, 0.05) is 0 Å². The molecule has 102 valence electrons. The number of nitrogens with one attached hydrogen (secondary N) is 1. The summed E-state index contributed by atoms with van der Waals surface area (Å²) in [6, 6.07) is 0. The number of likely N-dealkylation sites (N-methyl/N-ethyl adjacent to an activating group) is 1. The van der Waals surface area contributed by atoms with E-state index in [1.807, 2.05) is 0 Å². The standard InChI is InChI=1S/C8H18NO7P/c1-9-8-7(12)6(11)5(10)4(16-8)2-3-17(13,14)15/h4-12H,2-3H2,1H3,(H2,13,14,15)/t4-,5-,6+,7+,8?/m1/s1. The molecule has 1 aliphatic rings.